The number of hydrogen-bond acceptors (Lipinski definition) is 10. The number of carbonyl (C=O) groups is 1. The second-order valence-electron chi connectivity index (χ2n) is 13.0. The van der Waals surface area contributed by atoms with Crippen molar-refractivity contribution in [1.29, 1.82) is 0 Å². The number of hydrogen-bond donors (Lipinski definition) is 3. The Bertz CT molecular complexity index is 1280. The highest BCUT2D eigenvalue weighted by Gasteiger charge is 2.65. The van der Waals surface area contributed by atoms with Gasteiger partial charge >= 0.3 is 6.09 Å². The smallest absolute Gasteiger partial charge is 0.409 e. The third-order valence-corrected chi connectivity index (χ3v) is 10.1. The van der Waals surface area contributed by atoms with Crippen molar-refractivity contribution >= 4 is 11.8 Å². The van der Waals surface area contributed by atoms with Crippen molar-refractivity contribution in [3.8, 4) is 11.5 Å². The summed E-state index contributed by atoms with van der Waals surface area (Å²) in [5.41, 5.74) is 2.50. The molecule has 1 saturated carbocycles. The van der Waals surface area contributed by atoms with Crippen molar-refractivity contribution in [3.63, 3.8) is 0 Å². The van der Waals surface area contributed by atoms with Crippen LogP contribution in [0.2, 0.25) is 0 Å². The quantitative estimate of drug-likeness (QED) is 0.124. The number of carbonyl (C=O) groups excluding carboxylic acids is 1. The number of likely N-dealkylation sites (N-methyl/N-ethyl adjacent to an activating group) is 1. The number of phenolic OH excluding ortho intramolecular Hbond substituents is 1. The van der Waals surface area contributed by atoms with Gasteiger partial charge in [0.2, 0.25) is 12.1 Å². The van der Waals surface area contributed by atoms with Crippen molar-refractivity contribution in [2.75, 3.05) is 40.1 Å². The molecule has 0 radical (unpaired) electrons. The maximum absolute atomic E-state index is 13.4. The summed E-state index contributed by atoms with van der Waals surface area (Å²) in [6, 6.07) is 4.51. The molecule has 5 rings (SSSR count). The number of aromatic hydroxyl groups is 1. The number of ether oxygens (including phenoxy) is 4. The van der Waals surface area contributed by atoms with Gasteiger partial charge in [-0.3, -0.25) is 0 Å². The fraction of sp³-hybridized carbons (Fsp3) is 0.667. The molecule has 3 N–H and O–H groups in total. The molecule has 0 aromatic heterocycles. The molecule has 11 nitrogen and oxygen atoms in total. The zero-order chi connectivity index (χ0) is 33.4. The van der Waals surface area contributed by atoms with Crippen molar-refractivity contribution < 1.29 is 43.9 Å². The van der Waals surface area contributed by atoms with E-state index < -0.39 is 30.1 Å². The Morgan fingerprint density at radius 1 is 1.17 bits per heavy atom. The Balaban J connectivity index is 1.72. The number of fused-ring (bicyclic) bond motifs is 2. The van der Waals surface area contributed by atoms with Gasteiger partial charge < -0.3 is 44.0 Å². The summed E-state index contributed by atoms with van der Waals surface area (Å²) in [5, 5.41) is 34.9. The zero-order valence-corrected chi connectivity index (χ0v) is 27.9. The lowest BCUT2D eigenvalue weighted by molar-refractivity contribution is -0.254. The molecule has 2 aliphatic heterocycles. The van der Waals surface area contributed by atoms with E-state index in [0.717, 1.165) is 56.1 Å². The maximum Gasteiger partial charge on any atom is 0.409 e. The average Bonchev–Trinajstić information content (AvgIpc) is 3.08. The molecule has 11 heteroatoms. The van der Waals surface area contributed by atoms with Crippen LogP contribution in [0.5, 0.6) is 11.5 Å². The van der Waals surface area contributed by atoms with E-state index in [1.165, 1.54) is 0 Å². The van der Waals surface area contributed by atoms with E-state index in [0.29, 0.717) is 30.9 Å². The van der Waals surface area contributed by atoms with Crippen LogP contribution in [0.4, 0.5) is 4.79 Å². The Morgan fingerprint density at radius 2 is 1.96 bits per heavy atom. The molecule has 1 amide bonds. The summed E-state index contributed by atoms with van der Waals surface area (Å²) in [5.74, 6) is -1.06. The fourth-order valence-electron chi connectivity index (χ4n) is 8.01. The van der Waals surface area contributed by atoms with E-state index >= 15 is 0 Å². The molecule has 1 aromatic carbocycles. The molecule has 7 atom stereocenters. The molecule has 260 valence electrons. The van der Waals surface area contributed by atoms with Crippen LogP contribution in [0.1, 0.15) is 82.6 Å². The number of allylic oxidation sites excluding steroid dienone is 1. The first-order chi connectivity index (χ1) is 22.9. The summed E-state index contributed by atoms with van der Waals surface area (Å²) in [4.78, 5) is 21.0. The molecule has 4 aliphatic rings. The highest BCUT2D eigenvalue weighted by Crippen LogP contribution is 2.61. The summed E-state index contributed by atoms with van der Waals surface area (Å²) in [6.45, 7) is 6.92. The van der Waals surface area contributed by atoms with Crippen molar-refractivity contribution in [2.24, 2.45) is 22.9 Å². The fourth-order valence-corrected chi connectivity index (χ4v) is 8.01. The molecule has 2 fully saturated rings. The van der Waals surface area contributed by atoms with Crippen LogP contribution >= 0.6 is 0 Å². The second-order valence-corrected chi connectivity index (χ2v) is 13.0. The predicted molar refractivity (Wildman–Crippen MR) is 176 cm³/mol. The molecule has 0 bridgehead atoms. The summed E-state index contributed by atoms with van der Waals surface area (Å²) in [7, 11) is 1.70. The lowest BCUT2D eigenvalue weighted by Crippen LogP contribution is -2.69. The minimum Gasteiger partial charge on any atom is -0.508 e. The van der Waals surface area contributed by atoms with Crippen molar-refractivity contribution in [2.45, 2.75) is 95.2 Å². The standard InChI is InChI=1S/C36H52N2O9/c1-4-19-45-36-31(38(3)35(42)43-5-2)23-29(37-47-32-14-8-11-20-44-32)27-21-24(12-6-9-17-39)26(13-7-10-18-40)33(34(27)36)28-22-25(41)15-16-30(28)46-36/h4,15-16,21-22,24,26,31-34,39-41H,1,5-14,17-20,23H2,2-3H3. The van der Waals surface area contributed by atoms with E-state index in [1.807, 2.05) is 0 Å². The number of benzene rings is 1. The van der Waals surface area contributed by atoms with E-state index in [4.69, 9.17) is 28.9 Å². The SMILES string of the molecule is C=CCOC12Oc3ccc(O)cc3C3C(CCCCO)C(CCCCO)C=C(C(=NOC4CCCCO4)CC1N(C)C(=O)OCC)C32. The second kappa shape index (κ2) is 16.3. The minimum absolute atomic E-state index is 0.0839. The molecule has 7 unspecified atom stereocenters. The molecule has 1 aromatic rings. The van der Waals surface area contributed by atoms with E-state index in [-0.39, 0.29) is 56.4 Å². The third-order valence-electron chi connectivity index (χ3n) is 10.1. The van der Waals surface area contributed by atoms with Crippen LogP contribution < -0.4 is 4.74 Å². The van der Waals surface area contributed by atoms with Gasteiger partial charge in [0.15, 0.2) is 0 Å². The molecule has 1 saturated heterocycles. The van der Waals surface area contributed by atoms with E-state index in [2.05, 4.69) is 12.7 Å². The number of nitrogens with zero attached hydrogens (tertiary/aromatic N) is 2. The molecular weight excluding hydrogens is 604 g/mol. The molecular formula is C36H52N2O9. The van der Waals surface area contributed by atoms with E-state index in [9.17, 15) is 20.1 Å². The summed E-state index contributed by atoms with van der Waals surface area (Å²) < 4.78 is 25.1. The van der Waals surface area contributed by atoms with Gasteiger partial charge in [0, 0.05) is 44.6 Å². The minimum atomic E-state index is -1.35. The Labute approximate surface area is 278 Å². The Morgan fingerprint density at radius 3 is 2.66 bits per heavy atom. The number of rotatable bonds is 15. The molecule has 0 spiro atoms. The highest BCUT2D eigenvalue weighted by molar-refractivity contribution is 6.02. The maximum atomic E-state index is 13.4. The first-order valence-electron chi connectivity index (χ1n) is 17.3. The van der Waals surface area contributed by atoms with Gasteiger partial charge in [0.1, 0.15) is 17.5 Å². The van der Waals surface area contributed by atoms with Crippen molar-refractivity contribution in [1.82, 2.24) is 4.90 Å². The summed E-state index contributed by atoms with van der Waals surface area (Å²) >= 11 is 0. The highest BCUT2D eigenvalue weighted by atomic mass is 16.8. The number of unbranched alkanes of at least 4 members (excludes halogenated alkanes) is 2. The van der Waals surface area contributed by atoms with Gasteiger partial charge in [-0.15, -0.1) is 6.58 Å². The third kappa shape index (κ3) is 7.48. The van der Waals surface area contributed by atoms with Crippen LogP contribution in [-0.4, -0.2) is 90.2 Å². The predicted octanol–water partition coefficient (Wildman–Crippen LogP) is 5.64. The first kappa shape index (κ1) is 35.2. The number of oxime groups is 1. The van der Waals surface area contributed by atoms with Gasteiger partial charge in [0.05, 0.1) is 31.5 Å². The number of aliphatic hydroxyl groups is 2. The normalized spacial score (nSPS) is 30.4. The number of amides is 1. The largest absolute Gasteiger partial charge is 0.508 e. The Hall–Kier alpha value is -3.12. The zero-order valence-electron chi connectivity index (χ0n) is 27.9. The number of phenols is 1. The van der Waals surface area contributed by atoms with Crippen LogP contribution in [0.15, 0.2) is 47.7 Å². The number of aliphatic hydroxyl groups excluding tert-OH is 2. The monoisotopic (exact) mass is 656 g/mol. The van der Waals surface area contributed by atoms with Crippen LogP contribution in [0.3, 0.4) is 0 Å². The topological polar surface area (TPSA) is 140 Å². The first-order valence-corrected chi connectivity index (χ1v) is 17.3. The van der Waals surface area contributed by atoms with Crippen LogP contribution in [-0.2, 0) is 19.0 Å². The van der Waals surface area contributed by atoms with Gasteiger partial charge in [-0.2, -0.15) is 0 Å². The molecule has 2 aliphatic carbocycles. The molecule has 47 heavy (non-hydrogen) atoms. The van der Waals surface area contributed by atoms with Gasteiger partial charge in [-0.1, -0.05) is 30.1 Å². The summed E-state index contributed by atoms with van der Waals surface area (Å²) in [6.07, 6.45) is 10.7. The van der Waals surface area contributed by atoms with Crippen molar-refractivity contribution in [3.05, 3.63) is 48.1 Å². The van der Waals surface area contributed by atoms with Gasteiger partial charge in [0.25, 0.3) is 0 Å². The van der Waals surface area contributed by atoms with Gasteiger partial charge in [-0.25, -0.2) is 4.79 Å². The van der Waals surface area contributed by atoms with Crippen LogP contribution in [0, 0.1) is 17.8 Å². The lowest BCUT2D eigenvalue weighted by Gasteiger charge is -2.59. The Kier molecular flexibility index (Phi) is 12.2. The van der Waals surface area contributed by atoms with Gasteiger partial charge in [-0.05, 0) is 81.1 Å². The lowest BCUT2D eigenvalue weighted by atomic mass is 9.55. The molecule has 2 heterocycles. The average molecular weight is 657 g/mol. The van der Waals surface area contributed by atoms with Crippen LogP contribution in [0.25, 0.3) is 0 Å². The van der Waals surface area contributed by atoms with E-state index in [1.54, 1.807) is 43.1 Å².